The van der Waals surface area contributed by atoms with E-state index < -0.39 is 0 Å². The number of carbonyl (C=O) groups is 2. The van der Waals surface area contributed by atoms with Crippen LogP contribution in [0.4, 0.5) is 5.69 Å². The molecule has 0 radical (unpaired) electrons. The number of amides is 2. The molecule has 2 N–H and O–H groups in total. The fourth-order valence-corrected chi connectivity index (χ4v) is 4.49. The smallest absolute Gasteiger partial charge is 0.274 e. The number of anilines is 1. The SMILES string of the molecule is COc1cc2nn(C3CCNCC3)cc2cc1NC(=O)c1cnc2n1CCN(C(C)=O)C2. The average molecular weight is 438 g/mol. The summed E-state index contributed by atoms with van der Waals surface area (Å²) < 4.78 is 9.44. The quantitative estimate of drug-likeness (QED) is 0.645. The number of nitrogens with zero attached hydrogens (tertiary/aromatic N) is 5. The Morgan fingerprint density at radius 3 is 2.78 bits per heavy atom. The number of imidazole rings is 1. The highest BCUT2D eigenvalue weighted by atomic mass is 16.5. The second kappa shape index (κ2) is 8.27. The maximum Gasteiger partial charge on any atom is 0.274 e. The molecular weight excluding hydrogens is 410 g/mol. The van der Waals surface area contributed by atoms with Crippen LogP contribution in [-0.4, -0.2) is 62.8 Å². The largest absolute Gasteiger partial charge is 0.494 e. The van der Waals surface area contributed by atoms with Crippen molar-refractivity contribution in [2.24, 2.45) is 0 Å². The molecule has 2 aromatic heterocycles. The highest BCUT2D eigenvalue weighted by Crippen LogP contribution is 2.32. The topological polar surface area (TPSA) is 106 Å². The number of hydrogen-bond acceptors (Lipinski definition) is 6. The molecule has 1 saturated heterocycles. The Balaban J connectivity index is 1.40. The second-order valence-electron chi connectivity index (χ2n) is 8.31. The van der Waals surface area contributed by atoms with Gasteiger partial charge in [0.25, 0.3) is 5.91 Å². The van der Waals surface area contributed by atoms with Crippen molar-refractivity contribution in [2.75, 3.05) is 32.1 Å². The summed E-state index contributed by atoms with van der Waals surface area (Å²) in [5.74, 6) is 1.02. The first kappa shape index (κ1) is 20.5. The molecule has 32 heavy (non-hydrogen) atoms. The van der Waals surface area contributed by atoms with Crippen molar-refractivity contribution in [3.05, 3.63) is 36.0 Å². The van der Waals surface area contributed by atoms with Crippen LogP contribution in [0.3, 0.4) is 0 Å². The Kier molecular flexibility index (Phi) is 5.30. The van der Waals surface area contributed by atoms with Gasteiger partial charge in [0.05, 0.1) is 37.1 Å². The molecule has 4 heterocycles. The van der Waals surface area contributed by atoms with E-state index in [4.69, 9.17) is 9.84 Å². The summed E-state index contributed by atoms with van der Waals surface area (Å²) in [6.45, 7) is 5.04. The summed E-state index contributed by atoms with van der Waals surface area (Å²) in [4.78, 5) is 30.8. The molecule has 0 atom stereocenters. The number of aromatic nitrogens is 4. The minimum Gasteiger partial charge on any atom is -0.494 e. The molecule has 5 rings (SSSR count). The average Bonchev–Trinajstić information content (AvgIpc) is 3.42. The van der Waals surface area contributed by atoms with Crippen molar-refractivity contribution >= 4 is 28.4 Å². The van der Waals surface area contributed by atoms with Crippen molar-refractivity contribution in [3.8, 4) is 5.75 Å². The molecule has 0 saturated carbocycles. The molecule has 2 aliphatic heterocycles. The van der Waals surface area contributed by atoms with Gasteiger partial charge in [-0.15, -0.1) is 0 Å². The first-order valence-electron chi connectivity index (χ1n) is 10.9. The molecule has 1 aromatic carbocycles. The van der Waals surface area contributed by atoms with Crippen LogP contribution in [0.1, 0.15) is 42.1 Å². The van der Waals surface area contributed by atoms with Gasteiger partial charge in [-0.3, -0.25) is 14.3 Å². The summed E-state index contributed by atoms with van der Waals surface area (Å²) in [7, 11) is 1.58. The Morgan fingerprint density at radius 2 is 2.03 bits per heavy atom. The van der Waals surface area contributed by atoms with E-state index in [0.29, 0.717) is 48.6 Å². The number of fused-ring (bicyclic) bond motifs is 2. The van der Waals surface area contributed by atoms with Crippen molar-refractivity contribution in [3.63, 3.8) is 0 Å². The zero-order chi connectivity index (χ0) is 22.2. The van der Waals surface area contributed by atoms with Crippen molar-refractivity contribution in [1.82, 2.24) is 29.5 Å². The van der Waals surface area contributed by atoms with Crippen LogP contribution in [-0.2, 0) is 17.9 Å². The van der Waals surface area contributed by atoms with Gasteiger partial charge in [0, 0.05) is 37.7 Å². The number of benzene rings is 1. The number of hydrogen-bond donors (Lipinski definition) is 2. The van der Waals surface area contributed by atoms with E-state index >= 15 is 0 Å². The molecule has 10 heteroatoms. The van der Waals surface area contributed by atoms with Crippen LogP contribution in [0, 0.1) is 0 Å². The van der Waals surface area contributed by atoms with Gasteiger partial charge in [-0.1, -0.05) is 0 Å². The molecule has 0 spiro atoms. The Morgan fingerprint density at radius 1 is 1.22 bits per heavy atom. The normalized spacial score (nSPS) is 16.8. The predicted molar refractivity (Wildman–Crippen MR) is 119 cm³/mol. The van der Waals surface area contributed by atoms with Gasteiger partial charge in [0.1, 0.15) is 17.3 Å². The Hall–Kier alpha value is -3.40. The second-order valence-corrected chi connectivity index (χ2v) is 8.31. The third-order valence-corrected chi connectivity index (χ3v) is 6.32. The highest BCUT2D eigenvalue weighted by Gasteiger charge is 2.25. The molecular formula is C22H27N7O3. The molecule has 0 unspecified atom stereocenters. The number of piperidine rings is 1. The van der Waals surface area contributed by atoms with E-state index in [1.54, 1.807) is 25.1 Å². The van der Waals surface area contributed by atoms with Crippen molar-refractivity contribution in [1.29, 1.82) is 0 Å². The minimum absolute atomic E-state index is 0.00771. The number of nitrogens with one attached hydrogen (secondary N) is 2. The molecule has 0 bridgehead atoms. The molecule has 2 aliphatic rings. The summed E-state index contributed by atoms with van der Waals surface area (Å²) in [6.07, 6.45) is 5.69. The fraction of sp³-hybridized carbons (Fsp3) is 0.455. The third-order valence-electron chi connectivity index (χ3n) is 6.32. The van der Waals surface area contributed by atoms with Gasteiger partial charge >= 0.3 is 0 Å². The number of rotatable bonds is 4. The van der Waals surface area contributed by atoms with E-state index in [-0.39, 0.29) is 11.8 Å². The zero-order valence-corrected chi connectivity index (χ0v) is 18.3. The summed E-state index contributed by atoms with van der Waals surface area (Å²) in [5.41, 5.74) is 1.90. The number of ether oxygens (including phenoxy) is 1. The van der Waals surface area contributed by atoms with Crippen molar-refractivity contribution in [2.45, 2.75) is 38.9 Å². The first-order valence-corrected chi connectivity index (χ1v) is 10.9. The molecule has 3 aromatic rings. The Bertz CT molecular complexity index is 1180. The lowest BCUT2D eigenvalue weighted by molar-refractivity contribution is -0.130. The standard InChI is InChI=1S/C22H27N7O3/c1-14(30)27-7-8-28-19(11-24-21(28)13-27)22(31)25-18-9-15-12-29(16-3-5-23-6-4-16)26-17(15)10-20(18)32-2/h9-12,16,23H,3-8,13H2,1-2H3,(H,25,31). The third kappa shape index (κ3) is 3.70. The lowest BCUT2D eigenvalue weighted by atomic mass is 10.1. The highest BCUT2D eigenvalue weighted by molar-refractivity contribution is 6.05. The van der Waals surface area contributed by atoms with Gasteiger partial charge in [0.15, 0.2) is 0 Å². The van der Waals surface area contributed by atoms with Gasteiger partial charge in [-0.25, -0.2) is 4.98 Å². The lowest BCUT2D eigenvalue weighted by Gasteiger charge is -2.27. The first-order chi connectivity index (χ1) is 15.5. The zero-order valence-electron chi connectivity index (χ0n) is 18.3. The van der Waals surface area contributed by atoms with Gasteiger partial charge in [0.2, 0.25) is 5.91 Å². The van der Waals surface area contributed by atoms with Crippen LogP contribution in [0.2, 0.25) is 0 Å². The van der Waals surface area contributed by atoms with E-state index in [2.05, 4.69) is 15.6 Å². The summed E-state index contributed by atoms with van der Waals surface area (Å²) in [6, 6.07) is 4.14. The molecule has 0 aliphatic carbocycles. The van der Waals surface area contributed by atoms with E-state index in [9.17, 15) is 9.59 Å². The van der Waals surface area contributed by atoms with Crippen LogP contribution < -0.4 is 15.4 Å². The minimum atomic E-state index is -0.261. The molecule has 10 nitrogen and oxygen atoms in total. The van der Waals surface area contributed by atoms with Gasteiger partial charge in [-0.2, -0.15) is 5.10 Å². The number of methoxy groups -OCH3 is 1. The monoisotopic (exact) mass is 437 g/mol. The maximum absolute atomic E-state index is 13.1. The van der Waals surface area contributed by atoms with Crippen LogP contribution in [0.15, 0.2) is 24.5 Å². The van der Waals surface area contributed by atoms with E-state index in [1.807, 2.05) is 27.6 Å². The van der Waals surface area contributed by atoms with Crippen molar-refractivity contribution < 1.29 is 14.3 Å². The van der Waals surface area contributed by atoms with Crippen LogP contribution in [0.25, 0.3) is 10.9 Å². The van der Waals surface area contributed by atoms with E-state index in [0.717, 1.165) is 36.8 Å². The predicted octanol–water partition coefficient (Wildman–Crippen LogP) is 1.78. The van der Waals surface area contributed by atoms with E-state index in [1.165, 1.54) is 0 Å². The Labute approximate surface area is 185 Å². The number of carbonyl (C=O) groups excluding carboxylic acids is 2. The van der Waals surface area contributed by atoms with Gasteiger partial charge < -0.3 is 24.8 Å². The fourth-order valence-electron chi connectivity index (χ4n) is 4.49. The maximum atomic E-state index is 13.1. The summed E-state index contributed by atoms with van der Waals surface area (Å²) in [5, 5.41) is 12.0. The lowest BCUT2D eigenvalue weighted by Crippen LogP contribution is -2.38. The summed E-state index contributed by atoms with van der Waals surface area (Å²) >= 11 is 0. The molecule has 2 amide bonds. The van der Waals surface area contributed by atoms with Gasteiger partial charge in [-0.05, 0) is 32.0 Å². The van der Waals surface area contributed by atoms with Crippen LogP contribution in [0.5, 0.6) is 5.75 Å². The van der Waals surface area contributed by atoms with Crippen LogP contribution >= 0.6 is 0 Å². The molecule has 168 valence electrons. The molecule has 1 fully saturated rings.